The number of para-hydroxylation sites is 1. The molecule has 1 heterocycles. The second-order valence-electron chi connectivity index (χ2n) is 6.81. The third-order valence-electron chi connectivity index (χ3n) is 4.70. The van der Waals surface area contributed by atoms with Gasteiger partial charge in [0.2, 0.25) is 6.10 Å². The van der Waals surface area contributed by atoms with Crippen molar-refractivity contribution in [1.82, 2.24) is 20.2 Å². The molecule has 0 aliphatic rings. The Kier molecular flexibility index (Phi) is 6.61. The number of nitrogens with zero attached hydrogens (tertiary/aromatic N) is 4. The molecule has 1 aromatic heterocycles. The number of carbonyl (C=O) groups is 2. The van der Waals surface area contributed by atoms with Crippen LogP contribution in [-0.2, 0) is 9.53 Å². The molecule has 166 valence electrons. The number of ether oxygens (including phenoxy) is 2. The number of hydrogen-bond donors (Lipinski definition) is 1. The summed E-state index contributed by atoms with van der Waals surface area (Å²) >= 11 is 6.16. The van der Waals surface area contributed by atoms with Crippen LogP contribution in [0.1, 0.15) is 22.0 Å². The van der Waals surface area contributed by atoms with Crippen molar-refractivity contribution in [1.29, 1.82) is 0 Å². The average Bonchev–Trinajstić information content (AvgIpc) is 3.38. The Morgan fingerprint density at radius 3 is 2.48 bits per heavy atom. The molecule has 0 fully saturated rings. The Labute approximate surface area is 193 Å². The molecule has 0 aliphatic heterocycles. The first-order valence-electron chi connectivity index (χ1n) is 9.79. The standard InChI is InChI=1S/C23H18ClN5O4/c1-32-20-12-11-16(13-18(20)24)26-22(30)21(15-7-3-2-4-8-15)33-23(31)17-9-5-6-10-19(17)29-14-25-27-28-29/h2-14,21H,1H3,(H,26,30). The summed E-state index contributed by atoms with van der Waals surface area (Å²) in [6.07, 6.45) is 0.141. The van der Waals surface area contributed by atoms with Crippen LogP contribution in [0.15, 0.2) is 79.1 Å². The number of anilines is 1. The van der Waals surface area contributed by atoms with E-state index in [-0.39, 0.29) is 5.56 Å². The van der Waals surface area contributed by atoms with Crippen LogP contribution in [0.3, 0.4) is 0 Å². The SMILES string of the molecule is COc1ccc(NC(=O)C(OC(=O)c2ccccc2-n2cnnn2)c2ccccc2)cc1Cl. The van der Waals surface area contributed by atoms with Gasteiger partial charge in [-0.05, 0) is 40.8 Å². The second kappa shape index (κ2) is 9.92. The summed E-state index contributed by atoms with van der Waals surface area (Å²) in [7, 11) is 1.50. The molecular formula is C23H18ClN5O4. The van der Waals surface area contributed by atoms with Crippen LogP contribution >= 0.6 is 11.6 Å². The third-order valence-corrected chi connectivity index (χ3v) is 5.00. The Morgan fingerprint density at radius 1 is 1.03 bits per heavy atom. The van der Waals surface area contributed by atoms with Gasteiger partial charge >= 0.3 is 5.97 Å². The maximum Gasteiger partial charge on any atom is 0.341 e. The summed E-state index contributed by atoms with van der Waals surface area (Å²) in [5.74, 6) is -0.784. The first kappa shape index (κ1) is 22.0. The van der Waals surface area contributed by atoms with Crippen molar-refractivity contribution in [2.75, 3.05) is 12.4 Å². The number of nitrogens with one attached hydrogen (secondary N) is 1. The Hall–Kier alpha value is -4.24. The second-order valence-corrected chi connectivity index (χ2v) is 7.21. The summed E-state index contributed by atoms with van der Waals surface area (Å²) in [6, 6.07) is 20.2. The minimum absolute atomic E-state index is 0.200. The smallest absolute Gasteiger partial charge is 0.341 e. The number of halogens is 1. The predicted octanol–water partition coefficient (Wildman–Crippen LogP) is 3.86. The van der Waals surface area contributed by atoms with Gasteiger partial charge in [-0.15, -0.1) is 5.10 Å². The van der Waals surface area contributed by atoms with Gasteiger partial charge in [-0.1, -0.05) is 54.1 Å². The van der Waals surface area contributed by atoms with E-state index in [1.165, 1.54) is 18.1 Å². The number of esters is 1. The lowest BCUT2D eigenvalue weighted by Gasteiger charge is -2.19. The van der Waals surface area contributed by atoms with Crippen molar-refractivity contribution in [3.8, 4) is 11.4 Å². The third kappa shape index (κ3) is 4.99. The van der Waals surface area contributed by atoms with E-state index in [2.05, 4.69) is 20.8 Å². The zero-order valence-corrected chi connectivity index (χ0v) is 18.1. The van der Waals surface area contributed by atoms with Crippen molar-refractivity contribution in [3.05, 3.63) is 95.3 Å². The topological polar surface area (TPSA) is 108 Å². The summed E-state index contributed by atoms with van der Waals surface area (Å²) < 4.78 is 12.2. The van der Waals surface area contributed by atoms with E-state index >= 15 is 0 Å². The highest BCUT2D eigenvalue weighted by atomic mass is 35.5. The lowest BCUT2D eigenvalue weighted by atomic mass is 10.1. The van der Waals surface area contributed by atoms with Crippen LogP contribution in [0.25, 0.3) is 5.69 Å². The number of rotatable bonds is 7. The number of amides is 1. The highest BCUT2D eigenvalue weighted by Gasteiger charge is 2.27. The van der Waals surface area contributed by atoms with Crippen molar-refractivity contribution in [3.63, 3.8) is 0 Å². The van der Waals surface area contributed by atoms with E-state index in [0.29, 0.717) is 27.7 Å². The molecule has 0 saturated heterocycles. The lowest BCUT2D eigenvalue weighted by molar-refractivity contribution is -0.125. The van der Waals surface area contributed by atoms with Crippen LogP contribution in [0.2, 0.25) is 5.02 Å². The van der Waals surface area contributed by atoms with Gasteiger partial charge in [0.25, 0.3) is 5.91 Å². The van der Waals surface area contributed by atoms with Gasteiger partial charge in [0.05, 0.1) is 23.4 Å². The molecule has 1 atom stereocenters. The van der Waals surface area contributed by atoms with E-state index in [9.17, 15) is 9.59 Å². The Bertz CT molecular complexity index is 1270. The number of tetrazole rings is 1. The molecule has 10 heteroatoms. The van der Waals surface area contributed by atoms with Crippen LogP contribution in [0.5, 0.6) is 5.75 Å². The van der Waals surface area contributed by atoms with Crippen molar-refractivity contribution in [2.24, 2.45) is 0 Å². The number of hydrogen-bond acceptors (Lipinski definition) is 7. The van der Waals surface area contributed by atoms with E-state index in [0.717, 1.165) is 0 Å². The minimum atomic E-state index is -1.22. The molecule has 33 heavy (non-hydrogen) atoms. The van der Waals surface area contributed by atoms with E-state index in [1.807, 2.05) is 0 Å². The van der Waals surface area contributed by atoms with Gasteiger partial charge in [-0.3, -0.25) is 4.79 Å². The maximum absolute atomic E-state index is 13.2. The Morgan fingerprint density at radius 2 is 1.79 bits per heavy atom. The normalized spacial score (nSPS) is 11.5. The quantitative estimate of drug-likeness (QED) is 0.414. The summed E-state index contributed by atoms with van der Waals surface area (Å²) in [5.41, 5.74) is 1.55. The van der Waals surface area contributed by atoms with Gasteiger partial charge in [0.1, 0.15) is 12.1 Å². The zero-order valence-electron chi connectivity index (χ0n) is 17.4. The molecule has 0 bridgehead atoms. The fourth-order valence-electron chi connectivity index (χ4n) is 3.14. The van der Waals surface area contributed by atoms with Crippen molar-refractivity contribution in [2.45, 2.75) is 6.10 Å². The lowest BCUT2D eigenvalue weighted by Crippen LogP contribution is -2.26. The Balaban J connectivity index is 1.62. The highest BCUT2D eigenvalue weighted by molar-refractivity contribution is 6.32. The first-order valence-corrected chi connectivity index (χ1v) is 10.2. The maximum atomic E-state index is 13.2. The van der Waals surface area contributed by atoms with Crippen molar-refractivity contribution >= 4 is 29.2 Å². The molecule has 1 N–H and O–H groups in total. The zero-order chi connectivity index (χ0) is 23.2. The molecule has 4 aromatic rings. The van der Waals surface area contributed by atoms with Crippen LogP contribution in [0, 0.1) is 0 Å². The van der Waals surface area contributed by atoms with Crippen molar-refractivity contribution < 1.29 is 19.1 Å². The number of methoxy groups -OCH3 is 1. The molecule has 4 rings (SSSR count). The molecule has 0 aliphatic carbocycles. The molecule has 0 spiro atoms. The van der Waals surface area contributed by atoms with Gasteiger partial charge in [0.15, 0.2) is 0 Å². The average molecular weight is 464 g/mol. The summed E-state index contributed by atoms with van der Waals surface area (Å²) in [5, 5.41) is 14.1. The van der Waals surface area contributed by atoms with Gasteiger partial charge in [-0.25, -0.2) is 4.79 Å². The summed E-state index contributed by atoms with van der Waals surface area (Å²) in [4.78, 5) is 26.3. The predicted molar refractivity (Wildman–Crippen MR) is 120 cm³/mol. The fraction of sp³-hybridized carbons (Fsp3) is 0.0870. The molecule has 3 aromatic carbocycles. The molecule has 9 nitrogen and oxygen atoms in total. The molecule has 1 unspecified atom stereocenters. The number of carbonyl (C=O) groups excluding carboxylic acids is 2. The number of aromatic nitrogens is 4. The van der Waals surface area contributed by atoms with Crippen LogP contribution in [0.4, 0.5) is 5.69 Å². The van der Waals surface area contributed by atoms with E-state index in [4.69, 9.17) is 21.1 Å². The number of benzene rings is 3. The van der Waals surface area contributed by atoms with Gasteiger partial charge in [0, 0.05) is 11.3 Å². The minimum Gasteiger partial charge on any atom is -0.495 e. The molecule has 1 amide bonds. The first-order chi connectivity index (χ1) is 16.1. The van der Waals surface area contributed by atoms with E-state index in [1.54, 1.807) is 72.8 Å². The molecular weight excluding hydrogens is 446 g/mol. The summed E-state index contributed by atoms with van der Waals surface area (Å²) in [6.45, 7) is 0. The van der Waals surface area contributed by atoms with Gasteiger partial charge in [-0.2, -0.15) is 4.68 Å². The van der Waals surface area contributed by atoms with E-state index < -0.39 is 18.0 Å². The largest absolute Gasteiger partial charge is 0.495 e. The molecule has 0 saturated carbocycles. The fourth-order valence-corrected chi connectivity index (χ4v) is 3.40. The molecule has 0 radical (unpaired) electrons. The monoisotopic (exact) mass is 463 g/mol. The van der Waals surface area contributed by atoms with Crippen LogP contribution in [-0.4, -0.2) is 39.2 Å². The van der Waals surface area contributed by atoms with Crippen LogP contribution < -0.4 is 10.1 Å². The van der Waals surface area contributed by atoms with Gasteiger partial charge < -0.3 is 14.8 Å². The highest BCUT2D eigenvalue weighted by Crippen LogP contribution is 2.29.